The summed E-state index contributed by atoms with van der Waals surface area (Å²) >= 11 is 0. The van der Waals surface area contributed by atoms with E-state index in [2.05, 4.69) is 0 Å². The predicted octanol–water partition coefficient (Wildman–Crippen LogP) is 2.21. The molecular formula is C17H34O6. The molecule has 0 amide bonds. The second kappa shape index (κ2) is 10.6. The van der Waals surface area contributed by atoms with Gasteiger partial charge in [0.1, 0.15) is 12.7 Å². The third-order valence-corrected chi connectivity index (χ3v) is 4.37. The largest absolute Gasteiger partial charge is 0.387 e. The van der Waals surface area contributed by atoms with E-state index in [0.717, 1.165) is 38.5 Å². The molecule has 6 heteroatoms. The molecule has 23 heavy (non-hydrogen) atoms. The molecule has 2 atom stereocenters. The van der Waals surface area contributed by atoms with Crippen molar-refractivity contribution in [3.63, 3.8) is 0 Å². The molecule has 0 unspecified atom stereocenters. The van der Waals surface area contributed by atoms with Crippen LogP contribution in [-0.2, 0) is 18.9 Å². The normalized spacial score (nSPS) is 33.0. The van der Waals surface area contributed by atoms with Gasteiger partial charge in [0, 0.05) is 20.0 Å². The minimum absolute atomic E-state index is 0.355. The van der Waals surface area contributed by atoms with Gasteiger partial charge in [-0.1, -0.05) is 20.3 Å². The number of hydrogen-bond acceptors (Lipinski definition) is 6. The van der Waals surface area contributed by atoms with Crippen molar-refractivity contribution in [1.29, 1.82) is 0 Å². The monoisotopic (exact) mass is 334 g/mol. The summed E-state index contributed by atoms with van der Waals surface area (Å²) in [5.74, 6) is -1.63. The van der Waals surface area contributed by atoms with Crippen molar-refractivity contribution < 1.29 is 29.2 Å². The van der Waals surface area contributed by atoms with Crippen LogP contribution in [-0.4, -0.2) is 61.4 Å². The molecule has 0 radical (unpaired) electrons. The quantitative estimate of drug-likeness (QED) is 0.716. The molecule has 3 rings (SSSR count). The number of hydrogen-bond donors (Lipinski definition) is 2. The van der Waals surface area contributed by atoms with Crippen molar-refractivity contribution in [3.05, 3.63) is 0 Å². The Morgan fingerprint density at radius 3 is 2.09 bits per heavy atom. The zero-order valence-electron chi connectivity index (χ0n) is 14.9. The lowest BCUT2D eigenvalue weighted by Gasteiger charge is -2.42. The molecule has 2 N–H and O–H groups in total. The van der Waals surface area contributed by atoms with Gasteiger partial charge in [-0.3, -0.25) is 0 Å². The Morgan fingerprint density at radius 1 is 0.957 bits per heavy atom. The van der Waals surface area contributed by atoms with E-state index in [1.807, 2.05) is 13.8 Å². The highest BCUT2D eigenvalue weighted by Crippen LogP contribution is 2.29. The predicted molar refractivity (Wildman–Crippen MR) is 87.1 cm³/mol. The zero-order chi connectivity index (χ0) is 17.2. The van der Waals surface area contributed by atoms with Gasteiger partial charge in [-0.25, -0.2) is 0 Å². The number of rotatable bonds is 1. The van der Waals surface area contributed by atoms with Crippen LogP contribution in [0, 0.1) is 0 Å². The molecule has 1 saturated carbocycles. The number of ether oxygens (including phenoxy) is 4. The van der Waals surface area contributed by atoms with Gasteiger partial charge in [-0.15, -0.1) is 0 Å². The highest BCUT2D eigenvalue weighted by atomic mass is 16.7. The van der Waals surface area contributed by atoms with Crippen LogP contribution in [0.25, 0.3) is 0 Å². The first kappa shape index (κ1) is 20.8. The summed E-state index contributed by atoms with van der Waals surface area (Å²) in [6, 6.07) is 0. The van der Waals surface area contributed by atoms with Crippen molar-refractivity contribution in [2.24, 2.45) is 0 Å². The van der Waals surface area contributed by atoms with Crippen molar-refractivity contribution in [3.8, 4) is 0 Å². The van der Waals surface area contributed by atoms with Crippen LogP contribution in [0.1, 0.15) is 58.8 Å². The molecule has 0 aromatic rings. The summed E-state index contributed by atoms with van der Waals surface area (Å²) in [5.41, 5.74) is 0. The summed E-state index contributed by atoms with van der Waals surface area (Å²) in [4.78, 5) is 0. The first-order chi connectivity index (χ1) is 11.1. The van der Waals surface area contributed by atoms with Crippen LogP contribution in [0.4, 0.5) is 0 Å². The molecule has 6 nitrogen and oxygen atoms in total. The maximum Gasteiger partial charge on any atom is 0.218 e. The van der Waals surface area contributed by atoms with E-state index in [0.29, 0.717) is 26.4 Å². The summed E-state index contributed by atoms with van der Waals surface area (Å²) in [6.07, 6.45) is 6.16. The van der Waals surface area contributed by atoms with Crippen LogP contribution in [0.2, 0.25) is 0 Å². The first-order valence-corrected chi connectivity index (χ1v) is 8.91. The fraction of sp³-hybridized carbons (Fsp3) is 1.00. The summed E-state index contributed by atoms with van der Waals surface area (Å²) in [6.45, 7) is 6.11. The molecule has 138 valence electrons. The minimum atomic E-state index is -0.851. The van der Waals surface area contributed by atoms with Crippen molar-refractivity contribution >= 4 is 0 Å². The second-order valence-corrected chi connectivity index (χ2v) is 5.93. The van der Waals surface area contributed by atoms with Gasteiger partial charge < -0.3 is 29.2 Å². The van der Waals surface area contributed by atoms with Crippen molar-refractivity contribution in [2.75, 3.05) is 33.5 Å². The molecule has 3 aliphatic rings. The van der Waals surface area contributed by atoms with Gasteiger partial charge in [0.25, 0.3) is 0 Å². The molecule has 1 spiro atoms. The van der Waals surface area contributed by atoms with Crippen molar-refractivity contribution in [2.45, 2.75) is 76.5 Å². The van der Waals surface area contributed by atoms with Gasteiger partial charge in [-0.05, 0) is 25.7 Å². The number of methoxy groups -OCH3 is 1. The molecule has 2 saturated heterocycles. The standard InChI is InChI=1S/C8H14O4.C7H14O2.C2H6/c9-7-2-1-3-11-8(7)6-10-4-5-12-8;1-9-7(8)5-3-2-4-6-7;1-2/h7,9H,1-6H2;8H,2-6H2,1H3;1-2H3/t7-,8-;;/m0../s1. The van der Waals surface area contributed by atoms with E-state index < -0.39 is 17.7 Å². The molecule has 2 heterocycles. The molecule has 0 bridgehead atoms. The van der Waals surface area contributed by atoms with Crippen LogP contribution < -0.4 is 0 Å². The molecule has 3 fully saturated rings. The van der Waals surface area contributed by atoms with Crippen LogP contribution in [0.5, 0.6) is 0 Å². The van der Waals surface area contributed by atoms with E-state index in [1.54, 1.807) is 7.11 Å². The summed E-state index contributed by atoms with van der Waals surface area (Å²) in [7, 11) is 1.57. The lowest BCUT2D eigenvalue weighted by Crippen LogP contribution is -2.56. The maximum atomic E-state index is 9.65. The van der Waals surface area contributed by atoms with Gasteiger partial charge in [0.05, 0.1) is 19.8 Å². The first-order valence-electron chi connectivity index (χ1n) is 8.91. The highest BCUT2D eigenvalue weighted by molar-refractivity contribution is 4.84. The summed E-state index contributed by atoms with van der Waals surface area (Å²) in [5, 5.41) is 19.1. The fourth-order valence-corrected chi connectivity index (χ4v) is 2.95. The third-order valence-electron chi connectivity index (χ3n) is 4.37. The Kier molecular flexibility index (Phi) is 9.58. The second-order valence-electron chi connectivity index (χ2n) is 5.93. The van der Waals surface area contributed by atoms with Gasteiger partial charge in [0.2, 0.25) is 5.79 Å². The van der Waals surface area contributed by atoms with E-state index >= 15 is 0 Å². The number of aliphatic hydroxyl groups is 2. The Morgan fingerprint density at radius 2 is 1.61 bits per heavy atom. The van der Waals surface area contributed by atoms with Crippen LogP contribution in [0.15, 0.2) is 0 Å². The fourth-order valence-electron chi connectivity index (χ4n) is 2.95. The Bertz CT molecular complexity index is 289. The van der Waals surface area contributed by atoms with E-state index in [9.17, 15) is 10.2 Å². The maximum absolute atomic E-state index is 9.65. The Balaban J connectivity index is 0.000000215. The van der Waals surface area contributed by atoms with Gasteiger partial charge >= 0.3 is 0 Å². The average Bonchev–Trinajstić information content (AvgIpc) is 2.62. The zero-order valence-corrected chi connectivity index (χ0v) is 14.9. The molecular weight excluding hydrogens is 300 g/mol. The molecule has 0 aromatic carbocycles. The topological polar surface area (TPSA) is 77.4 Å². The molecule has 2 aliphatic heterocycles. The summed E-state index contributed by atoms with van der Waals surface area (Å²) < 4.78 is 21.0. The molecule has 1 aliphatic carbocycles. The van der Waals surface area contributed by atoms with E-state index in [-0.39, 0.29) is 0 Å². The highest BCUT2D eigenvalue weighted by Gasteiger charge is 2.44. The third kappa shape index (κ3) is 6.29. The lowest BCUT2D eigenvalue weighted by molar-refractivity contribution is -0.341. The smallest absolute Gasteiger partial charge is 0.218 e. The SMILES string of the molecule is CC.COC1(O)CCCCC1.O[C@H]1CCCO[C@]12COCCO2. The average molecular weight is 334 g/mol. The van der Waals surface area contributed by atoms with Crippen LogP contribution >= 0.6 is 0 Å². The van der Waals surface area contributed by atoms with Gasteiger partial charge in [0.15, 0.2) is 5.79 Å². The van der Waals surface area contributed by atoms with Crippen LogP contribution in [0.3, 0.4) is 0 Å². The van der Waals surface area contributed by atoms with Gasteiger partial charge in [-0.2, -0.15) is 0 Å². The lowest BCUT2D eigenvalue weighted by atomic mass is 9.94. The Hall–Kier alpha value is -0.240. The van der Waals surface area contributed by atoms with E-state index in [4.69, 9.17) is 18.9 Å². The molecule has 0 aromatic heterocycles. The van der Waals surface area contributed by atoms with Crippen molar-refractivity contribution in [1.82, 2.24) is 0 Å². The van der Waals surface area contributed by atoms with E-state index in [1.165, 1.54) is 6.42 Å². The Labute approximate surface area is 140 Å². The number of aliphatic hydroxyl groups excluding tert-OH is 1. The minimum Gasteiger partial charge on any atom is -0.387 e.